The Labute approximate surface area is 130 Å². The molecule has 0 saturated heterocycles. The van der Waals surface area contributed by atoms with E-state index in [0.29, 0.717) is 12.8 Å². The predicted octanol–water partition coefficient (Wildman–Crippen LogP) is 1.68. The van der Waals surface area contributed by atoms with Crippen LogP contribution < -0.4 is 4.72 Å². The largest absolute Gasteiger partial charge is 0.389 e. The molecule has 1 aliphatic carbocycles. The van der Waals surface area contributed by atoms with E-state index < -0.39 is 15.6 Å². The van der Waals surface area contributed by atoms with E-state index >= 15 is 0 Å². The lowest BCUT2D eigenvalue weighted by Crippen LogP contribution is -2.46. The third kappa shape index (κ3) is 3.77. The molecule has 0 amide bonds. The van der Waals surface area contributed by atoms with Gasteiger partial charge in [-0.3, -0.25) is 0 Å². The zero-order chi connectivity index (χ0) is 15.9. The molecule has 0 aromatic carbocycles. The molecule has 0 bridgehead atoms. The van der Waals surface area contributed by atoms with E-state index in [-0.39, 0.29) is 22.1 Å². The second-order valence-electron chi connectivity index (χ2n) is 6.66. The maximum Gasteiger partial charge on any atom is 0.261 e. The highest BCUT2D eigenvalue weighted by Gasteiger charge is 2.37. The molecule has 8 heteroatoms. The Morgan fingerprint density at radius 2 is 1.95 bits per heavy atom. The summed E-state index contributed by atoms with van der Waals surface area (Å²) < 4.78 is 28.2. The summed E-state index contributed by atoms with van der Waals surface area (Å²) in [5.41, 5.74) is -0.792. The number of aryl methyl sites for hydroxylation is 1. The normalized spacial score (nSPS) is 21.4. The summed E-state index contributed by atoms with van der Waals surface area (Å²) in [6.45, 7) is 4.30. The summed E-state index contributed by atoms with van der Waals surface area (Å²) in [5.74, 6) is 0. The van der Waals surface area contributed by atoms with E-state index in [1.54, 1.807) is 7.05 Å². The van der Waals surface area contributed by atoms with Crippen molar-refractivity contribution in [2.24, 2.45) is 12.5 Å². The molecule has 120 valence electrons. The smallest absolute Gasteiger partial charge is 0.261 e. The van der Waals surface area contributed by atoms with E-state index in [9.17, 15) is 13.5 Å². The molecule has 1 fully saturated rings. The van der Waals surface area contributed by atoms with Crippen molar-refractivity contribution < 1.29 is 13.5 Å². The Morgan fingerprint density at radius 1 is 1.38 bits per heavy atom. The zero-order valence-electron chi connectivity index (χ0n) is 12.6. The Balaban J connectivity index is 2.04. The molecule has 1 saturated carbocycles. The van der Waals surface area contributed by atoms with Gasteiger partial charge in [0.25, 0.3) is 10.0 Å². The lowest BCUT2D eigenvalue weighted by Gasteiger charge is -2.40. The predicted molar refractivity (Wildman–Crippen MR) is 80.6 cm³/mol. The van der Waals surface area contributed by atoms with Crippen LogP contribution in [0.5, 0.6) is 0 Å². The average molecular weight is 336 g/mol. The minimum atomic E-state index is -3.81. The van der Waals surface area contributed by atoms with Crippen molar-refractivity contribution in [3.63, 3.8) is 0 Å². The van der Waals surface area contributed by atoms with Crippen LogP contribution in [-0.2, 0) is 17.1 Å². The first-order chi connectivity index (χ1) is 9.55. The summed E-state index contributed by atoms with van der Waals surface area (Å²) in [7, 11) is -2.19. The number of imidazole rings is 1. The Kier molecular flexibility index (Phi) is 4.41. The monoisotopic (exact) mass is 335 g/mol. The van der Waals surface area contributed by atoms with E-state index in [0.717, 1.165) is 12.8 Å². The topological polar surface area (TPSA) is 84.2 Å². The highest BCUT2D eigenvalue weighted by atomic mass is 35.5. The van der Waals surface area contributed by atoms with Crippen LogP contribution >= 0.6 is 11.6 Å². The van der Waals surface area contributed by atoms with Gasteiger partial charge in [-0.15, -0.1) is 0 Å². The molecular formula is C13H22ClN3O3S. The number of nitrogens with one attached hydrogen (secondary N) is 1. The standard InChI is InChI=1S/C13H22ClN3O3S/c1-12(2)4-6-13(18,7-5-12)8-16-21(19,20)11-10(14)17(3)9-15-11/h9,16,18H,4-8H2,1-3H3. The molecule has 2 rings (SSSR count). The lowest BCUT2D eigenvalue weighted by molar-refractivity contribution is -0.0205. The van der Waals surface area contributed by atoms with Crippen LogP contribution in [0.4, 0.5) is 0 Å². The summed E-state index contributed by atoms with van der Waals surface area (Å²) >= 11 is 5.91. The summed E-state index contributed by atoms with van der Waals surface area (Å²) in [4.78, 5) is 3.80. The quantitative estimate of drug-likeness (QED) is 0.876. The number of hydrogen-bond acceptors (Lipinski definition) is 4. The number of nitrogens with zero attached hydrogens (tertiary/aromatic N) is 2. The number of rotatable bonds is 4. The Morgan fingerprint density at radius 3 is 2.43 bits per heavy atom. The number of sulfonamides is 1. The van der Waals surface area contributed by atoms with Gasteiger partial charge in [0.05, 0.1) is 11.9 Å². The fourth-order valence-corrected chi connectivity index (χ4v) is 3.98. The molecule has 0 unspecified atom stereocenters. The van der Waals surface area contributed by atoms with E-state index in [1.165, 1.54) is 10.9 Å². The van der Waals surface area contributed by atoms with Crippen LogP contribution in [0.3, 0.4) is 0 Å². The SMILES string of the molecule is Cn1cnc(S(=O)(=O)NCC2(O)CCC(C)(C)CC2)c1Cl. The van der Waals surface area contributed by atoms with Crippen molar-refractivity contribution in [2.45, 2.75) is 50.2 Å². The van der Waals surface area contributed by atoms with E-state index in [4.69, 9.17) is 11.6 Å². The summed E-state index contributed by atoms with van der Waals surface area (Å²) in [6, 6.07) is 0. The molecule has 6 nitrogen and oxygen atoms in total. The molecule has 0 radical (unpaired) electrons. The first-order valence-corrected chi connectivity index (χ1v) is 8.80. The highest BCUT2D eigenvalue weighted by molar-refractivity contribution is 7.89. The third-order valence-electron chi connectivity index (χ3n) is 4.21. The second-order valence-corrected chi connectivity index (χ2v) is 8.70. The fraction of sp³-hybridized carbons (Fsp3) is 0.769. The van der Waals surface area contributed by atoms with Crippen molar-refractivity contribution in [3.8, 4) is 0 Å². The third-order valence-corrected chi connectivity index (χ3v) is 6.10. The molecule has 0 atom stereocenters. The first-order valence-electron chi connectivity index (χ1n) is 6.94. The maximum absolute atomic E-state index is 12.2. The number of halogens is 1. The van der Waals surface area contributed by atoms with Gasteiger partial charge >= 0.3 is 0 Å². The molecule has 1 heterocycles. The molecule has 1 aromatic rings. The van der Waals surface area contributed by atoms with Gasteiger partial charge in [0.1, 0.15) is 5.15 Å². The number of aliphatic hydroxyl groups is 1. The van der Waals surface area contributed by atoms with Gasteiger partial charge in [-0.25, -0.2) is 18.1 Å². The van der Waals surface area contributed by atoms with Crippen molar-refractivity contribution in [3.05, 3.63) is 11.5 Å². The van der Waals surface area contributed by atoms with Crippen LogP contribution in [0.2, 0.25) is 5.15 Å². The molecule has 1 aliphatic rings. The van der Waals surface area contributed by atoms with Crippen molar-refractivity contribution >= 4 is 21.6 Å². The van der Waals surface area contributed by atoms with Crippen molar-refractivity contribution in [1.82, 2.24) is 14.3 Å². The molecule has 21 heavy (non-hydrogen) atoms. The molecule has 0 aliphatic heterocycles. The molecular weight excluding hydrogens is 314 g/mol. The minimum absolute atomic E-state index is 0.0156. The highest BCUT2D eigenvalue weighted by Crippen LogP contribution is 2.40. The molecule has 1 aromatic heterocycles. The van der Waals surface area contributed by atoms with Crippen molar-refractivity contribution in [1.29, 1.82) is 0 Å². The number of hydrogen-bond donors (Lipinski definition) is 2. The van der Waals surface area contributed by atoms with Gasteiger partial charge in [0, 0.05) is 13.6 Å². The first kappa shape index (κ1) is 16.7. The molecule has 0 spiro atoms. The van der Waals surface area contributed by atoms with Crippen LogP contribution in [0.25, 0.3) is 0 Å². The van der Waals surface area contributed by atoms with Crippen molar-refractivity contribution in [2.75, 3.05) is 6.54 Å². The second kappa shape index (κ2) is 5.53. The summed E-state index contributed by atoms with van der Waals surface area (Å²) in [6.07, 6.45) is 4.25. The van der Waals surface area contributed by atoms with Gasteiger partial charge in [-0.05, 0) is 31.1 Å². The van der Waals surface area contributed by atoms with Gasteiger partial charge < -0.3 is 9.67 Å². The summed E-state index contributed by atoms with van der Waals surface area (Å²) in [5, 5.41) is 10.4. The van der Waals surface area contributed by atoms with Gasteiger partial charge in [0.15, 0.2) is 0 Å². The van der Waals surface area contributed by atoms with Crippen LogP contribution in [0.15, 0.2) is 11.4 Å². The van der Waals surface area contributed by atoms with Crippen LogP contribution in [-0.4, -0.2) is 35.2 Å². The Bertz CT molecular complexity index is 615. The van der Waals surface area contributed by atoms with Gasteiger partial charge in [0.2, 0.25) is 5.03 Å². The Hall–Kier alpha value is -0.630. The van der Waals surface area contributed by atoms with E-state index in [1.807, 2.05) is 0 Å². The van der Waals surface area contributed by atoms with Gasteiger partial charge in [-0.2, -0.15) is 0 Å². The van der Waals surface area contributed by atoms with Gasteiger partial charge in [-0.1, -0.05) is 25.4 Å². The number of aromatic nitrogens is 2. The fourth-order valence-electron chi connectivity index (χ4n) is 2.44. The average Bonchev–Trinajstić information content (AvgIpc) is 2.73. The minimum Gasteiger partial charge on any atom is -0.389 e. The van der Waals surface area contributed by atoms with Crippen LogP contribution in [0.1, 0.15) is 39.5 Å². The lowest BCUT2D eigenvalue weighted by atomic mass is 9.71. The zero-order valence-corrected chi connectivity index (χ0v) is 14.1. The maximum atomic E-state index is 12.2. The molecule has 2 N–H and O–H groups in total. The van der Waals surface area contributed by atoms with E-state index in [2.05, 4.69) is 23.6 Å². The van der Waals surface area contributed by atoms with Crippen LogP contribution in [0, 0.1) is 5.41 Å².